The van der Waals surface area contributed by atoms with Crippen molar-refractivity contribution in [3.8, 4) is 0 Å². The van der Waals surface area contributed by atoms with Gasteiger partial charge in [-0.1, -0.05) is 31.5 Å². The minimum absolute atomic E-state index is 0.00191. The van der Waals surface area contributed by atoms with E-state index < -0.39 is 5.60 Å². The second-order valence-electron chi connectivity index (χ2n) is 9.27. The van der Waals surface area contributed by atoms with Gasteiger partial charge in [-0.3, -0.25) is 9.63 Å². The van der Waals surface area contributed by atoms with Gasteiger partial charge in [0.25, 0.3) is 5.91 Å². The van der Waals surface area contributed by atoms with E-state index in [0.29, 0.717) is 24.7 Å². The Morgan fingerprint density at radius 2 is 2.00 bits per heavy atom. The molecule has 1 saturated heterocycles. The van der Waals surface area contributed by atoms with Crippen LogP contribution >= 0.6 is 11.3 Å². The van der Waals surface area contributed by atoms with Crippen molar-refractivity contribution in [3.05, 3.63) is 75.5 Å². The summed E-state index contributed by atoms with van der Waals surface area (Å²) in [5, 5.41) is 9.64. The van der Waals surface area contributed by atoms with E-state index in [-0.39, 0.29) is 17.7 Å². The Balaban J connectivity index is 1.55. The summed E-state index contributed by atoms with van der Waals surface area (Å²) in [7, 11) is 0. The van der Waals surface area contributed by atoms with Crippen LogP contribution in [0.3, 0.4) is 0 Å². The van der Waals surface area contributed by atoms with E-state index in [1.807, 2.05) is 43.5 Å². The second-order valence-corrected chi connectivity index (χ2v) is 10.3. The van der Waals surface area contributed by atoms with Crippen LogP contribution in [0.5, 0.6) is 0 Å². The molecule has 1 aromatic carbocycles. The minimum Gasteiger partial charge on any atom is -0.381 e. The number of nitrogens with one attached hydrogen (secondary N) is 1. The van der Waals surface area contributed by atoms with Gasteiger partial charge >= 0.3 is 0 Å². The highest BCUT2D eigenvalue weighted by molar-refractivity contribution is 7.11. The molecule has 3 aromatic rings. The van der Waals surface area contributed by atoms with Crippen molar-refractivity contribution in [1.82, 2.24) is 20.7 Å². The monoisotopic (exact) mass is 478 g/mol. The molecule has 178 valence electrons. The largest absolute Gasteiger partial charge is 0.381 e. The number of carbonyl (C=O) groups is 1. The molecule has 8 heteroatoms. The fourth-order valence-corrected chi connectivity index (χ4v) is 6.17. The van der Waals surface area contributed by atoms with E-state index in [1.54, 1.807) is 23.5 Å². The van der Waals surface area contributed by atoms with Crippen LogP contribution in [0.15, 0.2) is 48.7 Å². The quantitative estimate of drug-likeness (QED) is 0.463. The van der Waals surface area contributed by atoms with Crippen LogP contribution in [0.1, 0.15) is 76.1 Å². The summed E-state index contributed by atoms with van der Waals surface area (Å²) in [6.07, 6.45) is 6.46. The number of nitrogens with zero attached hydrogens (tertiary/aromatic N) is 3. The van der Waals surface area contributed by atoms with Gasteiger partial charge < -0.3 is 4.74 Å². The van der Waals surface area contributed by atoms with E-state index in [1.165, 1.54) is 24.1 Å². The topological polar surface area (TPSA) is 86.2 Å². The number of thiazole rings is 1. The normalized spacial score (nSPS) is 20.9. The molecule has 3 atom stereocenters. The van der Waals surface area contributed by atoms with Crippen molar-refractivity contribution < 1.29 is 14.4 Å². The lowest BCUT2D eigenvalue weighted by Crippen LogP contribution is -2.48. The van der Waals surface area contributed by atoms with E-state index >= 15 is 0 Å². The molecule has 7 nitrogen and oxygen atoms in total. The third kappa shape index (κ3) is 4.37. The Kier molecular flexibility index (Phi) is 6.72. The first kappa shape index (κ1) is 23.1. The lowest BCUT2D eigenvalue weighted by molar-refractivity contribution is -0.148. The van der Waals surface area contributed by atoms with Gasteiger partial charge in [0.15, 0.2) is 5.60 Å². The average molecular weight is 479 g/mol. The predicted molar refractivity (Wildman–Crippen MR) is 129 cm³/mol. The van der Waals surface area contributed by atoms with Crippen molar-refractivity contribution in [2.45, 2.75) is 57.0 Å². The molecule has 1 unspecified atom stereocenters. The highest BCUT2D eigenvalue weighted by atomic mass is 32.1. The number of hydroxylamine groups is 1. The average Bonchev–Trinajstić information content (AvgIpc) is 3.53. The molecule has 1 amide bonds. The maximum absolute atomic E-state index is 13.0. The molecular formula is C26H30N4O3S. The SMILES string of the molecule is Cc1ccc([C@@H](C)C(ONC(=O)c2ccccc2)(c2ncc(C3CCC3)s2)[C@@H]2CCOC2)nn1. The summed E-state index contributed by atoms with van der Waals surface area (Å²) >= 11 is 1.69. The Hall–Kier alpha value is -2.68. The zero-order valence-electron chi connectivity index (χ0n) is 19.6. The molecule has 2 aliphatic rings. The van der Waals surface area contributed by atoms with Gasteiger partial charge in [-0.15, -0.1) is 11.3 Å². The van der Waals surface area contributed by atoms with E-state index in [4.69, 9.17) is 14.6 Å². The van der Waals surface area contributed by atoms with Crippen molar-refractivity contribution in [1.29, 1.82) is 0 Å². The first-order chi connectivity index (χ1) is 16.6. The molecule has 1 N–H and O–H groups in total. The van der Waals surface area contributed by atoms with Gasteiger partial charge in [-0.2, -0.15) is 10.2 Å². The lowest BCUT2D eigenvalue weighted by atomic mass is 9.75. The zero-order valence-corrected chi connectivity index (χ0v) is 20.4. The third-order valence-corrected chi connectivity index (χ3v) is 8.45. The van der Waals surface area contributed by atoms with Gasteiger partial charge in [0.2, 0.25) is 0 Å². The van der Waals surface area contributed by atoms with Crippen LogP contribution in [-0.4, -0.2) is 34.3 Å². The molecule has 0 radical (unpaired) electrons. The molecule has 5 rings (SSSR count). The molecular weight excluding hydrogens is 448 g/mol. The lowest BCUT2D eigenvalue weighted by Gasteiger charge is -2.40. The number of aromatic nitrogens is 3. The second kappa shape index (κ2) is 9.90. The van der Waals surface area contributed by atoms with Crippen molar-refractivity contribution in [2.75, 3.05) is 13.2 Å². The summed E-state index contributed by atoms with van der Waals surface area (Å²) in [5.74, 6) is 0.0600. The molecule has 2 fully saturated rings. The minimum atomic E-state index is -0.933. The Morgan fingerprint density at radius 1 is 1.18 bits per heavy atom. The summed E-state index contributed by atoms with van der Waals surface area (Å²) in [6.45, 7) is 5.18. The van der Waals surface area contributed by atoms with Crippen molar-refractivity contribution >= 4 is 17.2 Å². The number of hydrogen-bond donors (Lipinski definition) is 1. The van der Waals surface area contributed by atoms with Crippen LogP contribution in [0.2, 0.25) is 0 Å². The number of hydrogen-bond acceptors (Lipinski definition) is 7. The summed E-state index contributed by atoms with van der Waals surface area (Å²) in [4.78, 5) is 25.7. The number of amides is 1. The first-order valence-corrected chi connectivity index (χ1v) is 12.8. The predicted octanol–water partition coefficient (Wildman–Crippen LogP) is 4.91. The Labute approximate surface area is 203 Å². The maximum atomic E-state index is 13.0. The van der Waals surface area contributed by atoms with Crippen molar-refractivity contribution in [3.63, 3.8) is 0 Å². The summed E-state index contributed by atoms with van der Waals surface area (Å²) in [6, 6.07) is 13.0. The molecule has 3 heterocycles. The van der Waals surface area contributed by atoms with E-state index in [0.717, 1.165) is 22.8 Å². The van der Waals surface area contributed by atoms with Crippen LogP contribution < -0.4 is 5.48 Å². The smallest absolute Gasteiger partial charge is 0.274 e. The van der Waals surface area contributed by atoms with E-state index in [9.17, 15) is 4.79 Å². The van der Waals surface area contributed by atoms with Gasteiger partial charge in [0.05, 0.1) is 18.0 Å². The third-order valence-electron chi connectivity index (χ3n) is 7.16. The molecule has 1 aliphatic heterocycles. The van der Waals surface area contributed by atoms with Gasteiger partial charge in [-0.25, -0.2) is 10.5 Å². The number of ether oxygens (including phenoxy) is 1. The summed E-state index contributed by atoms with van der Waals surface area (Å²) in [5.41, 5.74) is 4.02. The molecule has 0 spiro atoms. The standard InChI is InChI=1S/C26H30N4O3S/c1-17-11-12-22(29-28-17)18(2)26(21-13-14-32-16-21,25-27-15-23(34-25)19-9-6-10-19)33-30-24(31)20-7-4-3-5-8-20/h3-5,7-8,11-12,15,18-19,21H,6,9-10,13-14,16H2,1-2H3,(H,30,31)/t18-,21-,26?/m1/s1. The summed E-state index contributed by atoms with van der Waals surface area (Å²) < 4.78 is 5.82. The molecule has 1 aliphatic carbocycles. The fraction of sp³-hybridized carbons (Fsp3) is 0.462. The molecule has 1 saturated carbocycles. The molecule has 2 aromatic heterocycles. The number of rotatable bonds is 8. The van der Waals surface area contributed by atoms with Crippen molar-refractivity contribution in [2.24, 2.45) is 5.92 Å². The van der Waals surface area contributed by atoms with Crippen LogP contribution in [0.4, 0.5) is 0 Å². The van der Waals surface area contributed by atoms with E-state index in [2.05, 4.69) is 22.6 Å². The van der Waals surface area contributed by atoms with Crippen LogP contribution in [-0.2, 0) is 15.2 Å². The highest BCUT2D eigenvalue weighted by Gasteiger charge is 2.52. The van der Waals surface area contributed by atoms with Gasteiger partial charge in [-0.05, 0) is 56.4 Å². The van der Waals surface area contributed by atoms with Crippen LogP contribution in [0.25, 0.3) is 0 Å². The molecule has 0 bridgehead atoms. The maximum Gasteiger partial charge on any atom is 0.274 e. The number of aryl methyl sites for hydroxylation is 1. The Morgan fingerprint density at radius 3 is 2.65 bits per heavy atom. The number of benzene rings is 1. The Bertz CT molecular complexity index is 1110. The van der Waals surface area contributed by atoms with Gasteiger partial charge in [0.1, 0.15) is 5.01 Å². The molecule has 34 heavy (non-hydrogen) atoms. The van der Waals surface area contributed by atoms with Crippen LogP contribution in [0, 0.1) is 12.8 Å². The fourth-order valence-electron chi connectivity index (χ4n) is 4.79. The first-order valence-electron chi connectivity index (χ1n) is 12.0. The van der Waals surface area contributed by atoms with Gasteiger partial charge in [0, 0.05) is 35.1 Å². The highest BCUT2D eigenvalue weighted by Crippen LogP contribution is 2.50. The number of carbonyl (C=O) groups excluding carboxylic acids is 1. The zero-order chi connectivity index (χ0) is 23.5.